The first kappa shape index (κ1) is 10.8. The van der Waals surface area contributed by atoms with Crippen molar-refractivity contribution in [2.45, 2.75) is 0 Å². The molecule has 1 amide bonds. The van der Waals surface area contributed by atoms with E-state index in [9.17, 15) is 4.79 Å². The number of amides is 1. The molecule has 0 spiro atoms. The minimum atomic E-state index is -0.504. The van der Waals surface area contributed by atoms with Crippen molar-refractivity contribution in [1.29, 1.82) is 5.26 Å². The predicted molar refractivity (Wildman–Crippen MR) is 57.1 cm³/mol. The zero-order valence-corrected chi connectivity index (χ0v) is 8.23. The van der Waals surface area contributed by atoms with Crippen molar-refractivity contribution < 1.29 is 9.53 Å². The fraction of sp³-hybridized carbons (Fsp3) is 0.0909. The molecule has 0 aliphatic rings. The fourth-order valence-electron chi connectivity index (χ4n) is 0.980. The highest BCUT2D eigenvalue weighted by Crippen LogP contribution is 2.10. The standard InChI is InChI=1S/C11H10N2O2/c1-15-11(14)13-10-6-4-9(5-7-10)3-2-8-12/h2-7H,1H3,(H,13,14)/b3-2+. The second-order valence-corrected chi connectivity index (χ2v) is 2.70. The molecule has 0 heterocycles. The monoisotopic (exact) mass is 202 g/mol. The van der Waals surface area contributed by atoms with Crippen LogP contribution in [0.15, 0.2) is 30.3 Å². The Labute approximate surface area is 87.8 Å². The number of nitriles is 1. The average molecular weight is 202 g/mol. The van der Waals surface area contributed by atoms with Crippen LogP contribution in [-0.2, 0) is 4.74 Å². The fourth-order valence-corrected chi connectivity index (χ4v) is 0.980. The molecule has 4 heteroatoms. The minimum absolute atomic E-state index is 0.504. The molecule has 0 fully saturated rings. The largest absolute Gasteiger partial charge is 0.453 e. The van der Waals surface area contributed by atoms with E-state index in [4.69, 9.17) is 5.26 Å². The highest BCUT2D eigenvalue weighted by molar-refractivity contribution is 5.84. The number of hydrogen-bond acceptors (Lipinski definition) is 3. The summed E-state index contributed by atoms with van der Waals surface area (Å²) >= 11 is 0. The first-order valence-corrected chi connectivity index (χ1v) is 4.27. The number of benzene rings is 1. The molecule has 0 saturated carbocycles. The lowest BCUT2D eigenvalue weighted by Crippen LogP contribution is -2.10. The Hall–Kier alpha value is -2.28. The number of allylic oxidation sites excluding steroid dienone is 1. The Kier molecular flexibility index (Phi) is 3.92. The molecule has 0 radical (unpaired) electrons. The lowest BCUT2D eigenvalue weighted by atomic mass is 10.2. The Morgan fingerprint density at radius 2 is 2.13 bits per heavy atom. The zero-order chi connectivity index (χ0) is 11.1. The third-order valence-electron chi connectivity index (χ3n) is 1.69. The van der Waals surface area contributed by atoms with Crippen molar-refractivity contribution in [3.63, 3.8) is 0 Å². The van der Waals surface area contributed by atoms with Crippen LogP contribution in [0.3, 0.4) is 0 Å². The number of nitrogens with zero attached hydrogens (tertiary/aromatic N) is 1. The number of carbonyl (C=O) groups excluding carboxylic acids is 1. The highest BCUT2D eigenvalue weighted by Gasteiger charge is 1.98. The van der Waals surface area contributed by atoms with Crippen molar-refractivity contribution in [2.75, 3.05) is 12.4 Å². The number of hydrogen-bond donors (Lipinski definition) is 1. The molecule has 76 valence electrons. The summed E-state index contributed by atoms with van der Waals surface area (Å²) in [4.78, 5) is 10.8. The van der Waals surface area contributed by atoms with Crippen LogP contribution in [0.25, 0.3) is 6.08 Å². The van der Waals surface area contributed by atoms with Gasteiger partial charge in [-0.2, -0.15) is 5.26 Å². The summed E-state index contributed by atoms with van der Waals surface area (Å²) in [7, 11) is 1.30. The molecule has 0 aromatic heterocycles. The molecule has 4 nitrogen and oxygen atoms in total. The van der Waals surface area contributed by atoms with Crippen LogP contribution in [0.5, 0.6) is 0 Å². The lowest BCUT2D eigenvalue weighted by Gasteiger charge is -2.02. The van der Waals surface area contributed by atoms with Gasteiger partial charge in [0.2, 0.25) is 0 Å². The molecular formula is C11H10N2O2. The first-order valence-electron chi connectivity index (χ1n) is 4.27. The van der Waals surface area contributed by atoms with Crippen LogP contribution in [0.4, 0.5) is 10.5 Å². The molecule has 1 aromatic carbocycles. The maximum atomic E-state index is 10.8. The van der Waals surface area contributed by atoms with Gasteiger partial charge in [-0.3, -0.25) is 5.32 Å². The number of methoxy groups -OCH3 is 1. The van der Waals surface area contributed by atoms with Crippen molar-refractivity contribution >= 4 is 17.9 Å². The molecule has 0 unspecified atom stereocenters. The summed E-state index contributed by atoms with van der Waals surface area (Å²) < 4.78 is 4.44. The van der Waals surface area contributed by atoms with Crippen molar-refractivity contribution in [1.82, 2.24) is 0 Å². The lowest BCUT2D eigenvalue weighted by molar-refractivity contribution is 0.187. The second-order valence-electron chi connectivity index (χ2n) is 2.70. The van der Waals surface area contributed by atoms with Crippen molar-refractivity contribution in [3.05, 3.63) is 35.9 Å². The van der Waals surface area contributed by atoms with Crippen LogP contribution in [0, 0.1) is 11.3 Å². The van der Waals surface area contributed by atoms with E-state index in [1.165, 1.54) is 13.2 Å². The smallest absolute Gasteiger partial charge is 0.411 e. The van der Waals surface area contributed by atoms with Gasteiger partial charge in [0.25, 0.3) is 0 Å². The summed E-state index contributed by atoms with van der Waals surface area (Å²) in [5.41, 5.74) is 1.54. The minimum Gasteiger partial charge on any atom is -0.453 e. The van der Waals surface area contributed by atoms with E-state index in [0.717, 1.165) is 5.56 Å². The van der Waals surface area contributed by atoms with Gasteiger partial charge in [-0.1, -0.05) is 12.1 Å². The Bertz CT molecular complexity index is 402. The van der Waals surface area contributed by atoms with Gasteiger partial charge >= 0.3 is 6.09 Å². The van der Waals surface area contributed by atoms with E-state index >= 15 is 0 Å². The van der Waals surface area contributed by atoms with E-state index in [-0.39, 0.29) is 0 Å². The summed E-state index contributed by atoms with van der Waals surface area (Å²) in [6.07, 6.45) is 2.57. The average Bonchev–Trinajstić information content (AvgIpc) is 2.28. The van der Waals surface area contributed by atoms with E-state index in [0.29, 0.717) is 5.69 Å². The predicted octanol–water partition coefficient (Wildman–Crippen LogP) is 2.40. The summed E-state index contributed by atoms with van der Waals surface area (Å²) in [6.45, 7) is 0. The van der Waals surface area contributed by atoms with E-state index in [1.54, 1.807) is 30.3 Å². The van der Waals surface area contributed by atoms with Gasteiger partial charge in [0.1, 0.15) is 0 Å². The van der Waals surface area contributed by atoms with E-state index < -0.39 is 6.09 Å². The van der Waals surface area contributed by atoms with Crippen LogP contribution in [0.1, 0.15) is 5.56 Å². The Morgan fingerprint density at radius 1 is 1.47 bits per heavy atom. The molecule has 0 atom stereocenters. The van der Waals surface area contributed by atoms with Gasteiger partial charge in [0.05, 0.1) is 13.2 Å². The maximum Gasteiger partial charge on any atom is 0.411 e. The molecule has 15 heavy (non-hydrogen) atoms. The highest BCUT2D eigenvalue weighted by atomic mass is 16.5. The van der Waals surface area contributed by atoms with Gasteiger partial charge in [-0.15, -0.1) is 0 Å². The quantitative estimate of drug-likeness (QED) is 0.749. The van der Waals surface area contributed by atoms with Crippen LogP contribution in [-0.4, -0.2) is 13.2 Å². The second kappa shape index (κ2) is 5.45. The molecule has 1 N–H and O–H groups in total. The molecular weight excluding hydrogens is 192 g/mol. The SMILES string of the molecule is COC(=O)Nc1ccc(/C=C/C#N)cc1. The summed E-state index contributed by atoms with van der Waals surface area (Å²) in [5.74, 6) is 0. The van der Waals surface area contributed by atoms with Crippen molar-refractivity contribution in [3.8, 4) is 6.07 Å². The van der Waals surface area contributed by atoms with Crippen LogP contribution < -0.4 is 5.32 Å². The van der Waals surface area contributed by atoms with Gasteiger partial charge in [-0.05, 0) is 23.8 Å². The molecule has 1 aromatic rings. The molecule has 0 aliphatic carbocycles. The van der Waals surface area contributed by atoms with Gasteiger partial charge in [0, 0.05) is 11.8 Å². The Balaban J connectivity index is 2.69. The van der Waals surface area contributed by atoms with Crippen molar-refractivity contribution in [2.24, 2.45) is 0 Å². The molecule has 0 saturated heterocycles. The van der Waals surface area contributed by atoms with Gasteiger partial charge in [0.15, 0.2) is 0 Å². The van der Waals surface area contributed by atoms with Crippen LogP contribution >= 0.6 is 0 Å². The number of rotatable bonds is 2. The third kappa shape index (κ3) is 3.53. The zero-order valence-electron chi connectivity index (χ0n) is 8.23. The number of carbonyl (C=O) groups is 1. The Morgan fingerprint density at radius 3 is 2.67 bits per heavy atom. The number of ether oxygens (including phenoxy) is 1. The summed E-state index contributed by atoms with van der Waals surface area (Å²) in [5, 5.41) is 10.8. The van der Waals surface area contributed by atoms with Gasteiger partial charge < -0.3 is 4.74 Å². The number of nitrogens with one attached hydrogen (secondary N) is 1. The molecule has 0 bridgehead atoms. The molecule has 0 aliphatic heterocycles. The van der Waals surface area contributed by atoms with E-state index in [1.807, 2.05) is 6.07 Å². The normalized spacial score (nSPS) is 9.60. The first-order chi connectivity index (χ1) is 7.26. The van der Waals surface area contributed by atoms with Crippen LogP contribution in [0.2, 0.25) is 0 Å². The van der Waals surface area contributed by atoms with Gasteiger partial charge in [-0.25, -0.2) is 4.79 Å². The maximum absolute atomic E-state index is 10.8. The summed E-state index contributed by atoms with van der Waals surface area (Å²) in [6, 6.07) is 8.94. The van der Waals surface area contributed by atoms with E-state index in [2.05, 4.69) is 10.1 Å². The molecule has 1 rings (SSSR count). The third-order valence-corrected chi connectivity index (χ3v) is 1.69. The number of anilines is 1. The topological polar surface area (TPSA) is 62.1 Å².